The van der Waals surface area contributed by atoms with E-state index >= 15 is 0 Å². The smallest absolute Gasteiger partial charge is 0.344 e. The van der Waals surface area contributed by atoms with E-state index in [0.29, 0.717) is 62.0 Å². The minimum Gasteiger partial charge on any atom is -0.495 e. The molecule has 12 heteroatoms. The number of aliphatic carboxylic acids is 1. The Kier molecular flexibility index (Phi) is 28.9. The zero-order valence-corrected chi connectivity index (χ0v) is 37.3. The number of carboxylic acid groups (broad SMARTS) is 1. The number of rotatable bonds is 21. The summed E-state index contributed by atoms with van der Waals surface area (Å²) >= 11 is 10.4. The van der Waals surface area contributed by atoms with Crippen LogP contribution < -0.4 is 25.8 Å². The van der Waals surface area contributed by atoms with E-state index in [2.05, 4.69) is 54.4 Å². The van der Waals surface area contributed by atoms with Crippen molar-refractivity contribution in [1.29, 1.82) is 0 Å². The summed E-state index contributed by atoms with van der Waals surface area (Å²) in [7, 11) is 1.61. The molecule has 0 aromatic heterocycles. The molecule has 2 atom stereocenters. The van der Waals surface area contributed by atoms with Crippen LogP contribution in [0.15, 0.2) is 79.3 Å². The van der Waals surface area contributed by atoms with Gasteiger partial charge in [-0.25, -0.2) is 4.79 Å². The van der Waals surface area contributed by atoms with Crippen molar-refractivity contribution in [2.45, 2.75) is 100 Å². The van der Waals surface area contributed by atoms with Gasteiger partial charge in [0.05, 0.1) is 24.0 Å². The van der Waals surface area contributed by atoms with E-state index < -0.39 is 17.5 Å². The number of nitrogens with one attached hydrogen (secondary N) is 2. The number of aliphatic hydroxyl groups excluding tert-OH is 1. The fraction of sp³-hybridized carbons (Fsp3) is 0.545. The van der Waals surface area contributed by atoms with Crippen LogP contribution in [0.25, 0.3) is 0 Å². The largest absolute Gasteiger partial charge is 0.495 e. The van der Waals surface area contributed by atoms with Gasteiger partial charge in [0, 0.05) is 43.4 Å². The molecule has 2 aromatic rings. The van der Waals surface area contributed by atoms with Gasteiger partial charge < -0.3 is 40.8 Å². The Labute approximate surface area is 347 Å². The Morgan fingerprint density at radius 1 is 0.982 bits per heavy atom. The number of alkyl halides is 1. The molecule has 0 saturated carbocycles. The molecule has 0 fully saturated rings. The van der Waals surface area contributed by atoms with Gasteiger partial charge in [0.1, 0.15) is 17.3 Å². The van der Waals surface area contributed by atoms with Crippen molar-refractivity contribution in [3.63, 3.8) is 0 Å². The Balaban J connectivity index is 0. The van der Waals surface area contributed by atoms with Crippen LogP contribution in [0.2, 0.25) is 5.02 Å². The number of hydrogen-bond donors (Lipinski definition) is 5. The van der Waals surface area contributed by atoms with Gasteiger partial charge in [-0.3, -0.25) is 4.79 Å². The van der Waals surface area contributed by atoms with Crippen molar-refractivity contribution in [3.05, 3.63) is 95.4 Å². The van der Waals surface area contributed by atoms with Crippen LogP contribution >= 0.6 is 23.2 Å². The Morgan fingerprint density at radius 3 is 2.07 bits per heavy atom. The second-order valence-electron chi connectivity index (χ2n) is 14.9. The molecule has 1 amide bonds. The van der Waals surface area contributed by atoms with Gasteiger partial charge in [-0.15, -0.1) is 11.6 Å². The molecule has 0 aliphatic rings. The zero-order chi connectivity index (χ0) is 43.5. The summed E-state index contributed by atoms with van der Waals surface area (Å²) in [5.41, 5.74) is 7.47. The molecule has 0 spiro atoms. The van der Waals surface area contributed by atoms with Crippen molar-refractivity contribution < 1.29 is 34.0 Å². The second-order valence-corrected chi connectivity index (χ2v) is 15.3. The van der Waals surface area contributed by atoms with E-state index in [0.717, 1.165) is 23.5 Å². The number of benzene rings is 2. The average Bonchev–Trinajstić information content (AvgIpc) is 3.14. The number of aliphatic hydroxyl groups is 1. The lowest BCUT2D eigenvalue weighted by atomic mass is 9.91. The highest BCUT2D eigenvalue weighted by molar-refractivity contribution is 6.32. The Morgan fingerprint density at radius 2 is 1.59 bits per heavy atom. The summed E-state index contributed by atoms with van der Waals surface area (Å²) in [6.45, 7) is 27.6. The molecule has 0 heterocycles. The number of hydrogen-bond acceptors (Lipinski definition) is 8. The van der Waals surface area contributed by atoms with Crippen LogP contribution in [0, 0.1) is 23.7 Å². The van der Waals surface area contributed by atoms with Gasteiger partial charge in [0.25, 0.3) is 0 Å². The lowest BCUT2D eigenvalue weighted by Crippen LogP contribution is -2.38. The van der Waals surface area contributed by atoms with Gasteiger partial charge >= 0.3 is 5.97 Å². The summed E-state index contributed by atoms with van der Waals surface area (Å²) in [5.74, 6) is 1.74. The maximum atomic E-state index is 11.7. The molecule has 0 aliphatic carbocycles. The van der Waals surface area contributed by atoms with Crippen molar-refractivity contribution in [3.8, 4) is 11.5 Å². The molecule has 2 rings (SSSR count). The van der Waals surface area contributed by atoms with E-state index in [-0.39, 0.29) is 23.3 Å². The fourth-order valence-corrected chi connectivity index (χ4v) is 4.59. The number of nitrogens with two attached hydrogens (primary N) is 1. The number of carboxylic acids is 1. The van der Waals surface area contributed by atoms with E-state index in [1.165, 1.54) is 18.0 Å². The molecule has 2 aromatic carbocycles. The number of halogens is 2. The third kappa shape index (κ3) is 24.9. The first kappa shape index (κ1) is 54.6. The summed E-state index contributed by atoms with van der Waals surface area (Å²) < 4.78 is 16.3. The standard InChI is InChI=1S/C21H38N2O5.C14H21NO.C8H9ClO.CH3Cl/c1-15(2)13-18(20(26)27)28-17(4)21(5,6)14-22-11-12-23-19(25)10-8-7-9-16(3)24;1-5-12-6-8-13(9-7-12)16-11(2)14(3,4)10-15;1-6-3-4-8(10-2)7(9)5-6;1-2/h8,10,15-16,18,22,24H,4,7,9,11-14H2,1-3,5-6H3,(H,23,25)(H,26,27);6-9H,2,5,10,15H2,1,3-4H3;3-5H,1-2H3;1H3/b10-8+;;;. The molecule has 10 nitrogen and oxygen atoms in total. The first-order valence-corrected chi connectivity index (χ1v) is 20.1. The predicted octanol–water partition coefficient (Wildman–Crippen LogP) is 9.10. The van der Waals surface area contributed by atoms with Gasteiger partial charge in [0.15, 0.2) is 6.10 Å². The normalized spacial score (nSPS) is 12.1. The molecule has 0 bridgehead atoms. The topological polar surface area (TPSA) is 152 Å². The summed E-state index contributed by atoms with van der Waals surface area (Å²) in [6, 6.07) is 13.8. The maximum Gasteiger partial charge on any atom is 0.344 e. The van der Waals surface area contributed by atoms with Gasteiger partial charge in [-0.2, -0.15) is 0 Å². The molecular weight excluding hydrogens is 753 g/mol. The average molecular weight is 825 g/mol. The first-order chi connectivity index (χ1) is 26.2. The molecule has 0 saturated heterocycles. The van der Waals surface area contributed by atoms with Gasteiger partial charge in [-0.05, 0) is 86.9 Å². The van der Waals surface area contributed by atoms with Crippen LogP contribution in [0.1, 0.15) is 85.8 Å². The predicted molar refractivity (Wildman–Crippen MR) is 234 cm³/mol. The first-order valence-electron chi connectivity index (χ1n) is 18.9. The van der Waals surface area contributed by atoms with Crippen LogP contribution in [-0.2, 0) is 20.7 Å². The van der Waals surface area contributed by atoms with Crippen LogP contribution in [0.3, 0.4) is 0 Å². The molecular formula is C44H71Cl2N3O7. The van der Waals surface area contributed by atoms with Gasteiger partial charge in [-0.1, -0.05) is 97.5 Å². The van der Waals surface area contributed by atoms with Crippen molar-refractivity contribution >= 4 is 35.1 Å². The number of aryl methyl sites for hydroxylation is 2. The minimum atomic E-state index is -0.983. The van der Waals surface area contributed by atoms with Crippen LogP contribution in [0.4, 0.5) is 0 Å². The fourth-order valence-electron chi connectivity index (χ4n) is 4.28. The molecule has 0 aliphatic heterocycles. The third-order valence-electron chi connectivity index (χ3n) is 8.33. The lowest BCUT2D eigenvalue weighted by Gasteiger charge is -2.30. The number of allylic oxidation sites excluding steroid dienone is 1. The summed E-state index contributed by atoms with van der Waals surface area (Å²) in [5, 5.41) is 25.1. The van der Waals surface area contributed by atoms with Gasteiger partial charge in [0.2, 0.25) is 5.91 Å². The highest BCUT2D eigenvalue weighted by Crippen LogP contribution is 2.28. The highest BCUT2D eigenvalue weighted by atomic mass is 35.5. The van der Waals surface area contributed by atoms with Crippen molar-refractivity contribution in [2.24, 2.45) is 22.5 Å². The zero-order valence-electron chi connectivity index (χ0n) is 35.8. The summed E-state index contributed by atoms with van der Waals surface area (Å²) in [6.07, 6.45) is 6.19. The summed E-state index contributed by atoms with van der Waals surface area (Å²) in [4.78, 5) is 23.0. The molecule has 318 valence electrons. The molecule has 0 radical (unpaired) electrons. The lowest BCUT2D eigenvalue weighted by molar-refractivity contribution is -0.149. The van der Waals surface area contributed by atoms with Crippen LogP contribution in [-0.4, -0.2) is 74.0 Å². The molecule has 6 N–H and O–H groups in total. The number of carbonyl (C=O) groups excluding carboxylic acids is 1. The number of methoxy groups -OCH3 is 1. The maximum absolute atomic E-state index is 11.7. The number of ether oxygens (including phenoxy) is 3. The highest BCUT2D eigenvalue weighted by Gasteiger charge is 2.29. The number of carbonyl (C=O) groups is 2. The van der Waals surface area contributed by atoms with Crippen LogP contribution in [0.5, 0.6) is 11.5 Å². The van der Waals surface area contributed by atoms with Crippen molar-refractivity contribution in [1.82, 2.24) is 10.6 Å². The van der Waals surface area contributed by atoms with E-state index in [4.69, 9.17) is 36.7 Å². The Bertz CT molecular complexity index is 1460. The molecule has 56 heavy (non-hydrogen) atoms. The molecule has 2 unspecified atom stereocenters. The van der Waals surface area contributed by atoms with E-state index in [1.54, 1.807) is 20.1 Å². The second kappa shape index (κ2) is 29.7. The minimum absolute atomic E-state index is 0.169. The Hall–Kier alpha value is -3.54. The monoisotopic (exact) mass is 823 g/mol. The van der Waals surface area contributed by atoms with E-state index in [9.17, 15) is 14.7 Å². The quantitative estimate of drug-likeness (QED) is 0.0359. The van der Waals surface area contributed by atoms with E-state index in [1.807, 2.05) is 78.8 Å². The van der Waals surface area contributed by atoms with Crippen molar-refractivity contribution in [2.75, 3.05) is 39.7 Å². The SMILES string of the molecule is C=C(OC(CC(C)C)C(=O)O)C(C)(C)CNCCNC(=O)/C=C/CCC(C)O.C=C(Oc1ccc(CC)cc1)C(C)(C)CN.CCl.COc1ccc(C)cc1Cl. The number of amides is 1. The third-order valence-corrected chi connectivity index (χ3v) is 8.63.